The van der Waals surface area contributed by atoms with Gasteiger partial charge in [-0.3, -0.25) is 4.79 Å². The van der Waals surface area contributed by atoms with Gasteiger partial charge in [0.2, 0.25) is 0 Å². The van der Waals surface area contributed by atoms with Gasteiger partial charge in [-0.1, -0.05) is 0 Å². The average molecular weight is 452 g/mol. The van der Waals surface area contributed by atoms with Crippen molar-refractivity contribution in [2.45, 2.75) is 38.8 Å². The molecule has 4 heterocycles. The molecule has 1 aliphatic carbocycles. The van der Waals surface area contributed by atoms with E-state index in [-0.39, 0.29) is 23.6 Å². The number of hydrogen-bond donors (Lipinski definition) is 1. The summed E-state index contributed by atoms with van der Waals surface area (Å²) in [4.78, 5) is 22.1. The largest absolute Gasteiger partial charge is 0.489 e. The number of rotatable bonds is 4. The van der Waals surface area contributed by atoms with Gasteiger partial charge in [-0.05, 0) is 59.0 Å². The topological polar surface area (TPSA) is 62.1 Å². The van der Waals surface area contributed by atoms with Crippen LogP contribution in [0, 0.1) is 18.7 Å². The van der Waals surface area contributed by atoms with Gasteiger partial charge in [0.05, 0.1) is 28.6 Å². The molecule has 1 amide bonds. The van der Waals surface area contributed by atoms with Crippen molar-refractivity contribution < 1.29 is 13.9 Å². The summed E-state index contributed by atoms with van der Waals surface area (Å²) in [6.45, 7) is 5.71. The van der Waals surface area contributed by atoms with Crippen molar-refractivity contribution >= 4 is 17.2 Å². The second-order valence-corrected chi connectivity index (χ2v) is 9.38. The summed E-state index contributed by atoms with van der Waals surface area (Å²) in [5.41, 5.74) is 3.08. The minimum absolute atomic E-state index is 0.00201. The molecule has 0 bridgehead atoms. The summed E-state index contributed by atoms with van der Waals surface area (Å²) in [7, 11) is 4.27. The van der Waals surface area contributed by atoms with E-state index < -0.39 is 5.82 Å². The number of aromatic nitrogens is 2. The predicted octanol–water partition coefficient (Wildman–Crippen LogP) is 3.49. The van der Waals surface area contributed by atoms with E-state index in [1.165, 1.54) is 11.8 Å². The van der Waals surface area contributed by atoms with Gasteiger partial charge in [0.25, 0.3) is 5.91 Å². The van der Waals surface area contributed by atoms with Crippen LogP contribution in [-0.4, -0.2) is 64.4 Å². The van der Waals surface area contributed by atoms with E-state index in [9.17, 15) is 9.18 Å². The van der Waals surface area contributed by atoms with Crippen molar-refractivity contribution in [1.29, 1.82) is 0 Å². The minimum atomic E-state index is -0.477. The quantitative estimate of drug-likeness (QED) is 0.771. The fraction of sp³-hybridized carbons (Fsp3) is 0.440. The standard InChI is InChI=1S/C25H30FN5O2/c1-15-13-31-14-17(12-21(26)24(31)27-15)28-25(32)19-5-6-22(20-11-16(2)33-23(19)20)30-9-7-18(8-10-30)29(3)4/h5-6,11-14,18,20,23H,7-10H2,1-4H3,(H,28,32). The van der Waals surface area contributed by atoms with Crippen molar-refractivity contribution in [3.8, 4) is 0 Å². The molecule has 8 heteroatoms. The molecule has 0 radical (unpaired) electrons. The van der Waals surface area contributed by atoms with Crippen LogP contribution in [0.15, 0.2) is 53.7 Å². The summed E-state index contributed by atoms with van der Waals surface area (Å²) >= 11 is 0. The van der Waals surface area contributed by atoms with Gasteiger partial charge in [0, 0.05) is 43.3 Å². The lowest BCUT2D eigenvalue weighted by Gasteiger charge is -2.40. The zero-order valence-corrected chi connectivity index (χ0v) is 19.5. The molecule has 5 rings (SSSR count). The summed E-state index contributed by atoms with van der Waals surface area (Å²) in [5, 5.41) is 2.85. The van der Waals surface area contributed by atoms with Crippen LogP contribution in [0.3, 0.4) is 0 Å². The van der Waals surface area contributed by atoms with E-state index in [4.69, 9.17) is 4.74 Å². The van der Waals surface area contributed by atoms with Gasteiger partial charge < -0.3 is 24.3 Å². The maximum Gasteiger partial charge on any atom is 0.255 e. The number of ether oxygens (including phenoxy) is 1. The molecule has 3 aliphatic rings. The van der Waals surface area contributed by atoms with Crippen molar-refractivity contribution in [2.75, 3.05) is 32.5 Å². The highest BCUT2D eigenvalue weighted by atomic mass is 19.1. The van der Waals surface area contributed by atoms with Crippen LogP contribution in [0.1, 0.15) is 25.5 Å². The summed E-state index contributed by atoms with van der Waals surface area (Å²) in [6.07, 6.45) is 11.3. The lowest BCUT2D eigenvalue weighted by Crippen LogP contribution is -2.44. The molecule has 0 saturated carbocycles. The number of carbonyl (C=O) groups excluding carboxylic acids is 1. The van der Waals surface area contributed by atoms with Crippen LogP contribution < -0.4 is 5.32 Å². The third kappa shape index (κ3) is 4.04. The number of carbonyl (C=O) groups is 1. The Morgan fingerprint density at radius 3 is 2.70 bits per heavy atom. The van der Waals surface area contributed by atoms with Gasteiger partial charge in [0.15, 0.2) is 11.5 Å². The third-order valence-electron chi connectivity index (χ3n) is 6.84. The first-order valence-corrected chi connectivity index (χ1v) is 11.4. The second-order valence-electron chi connectivity index (χ2n) is 9.38. The highest BCUT2D eigenvalue weighted by molar-refractivity contribution is 6.05. The van der Waals surface area contributed by atoms with Crippen molar-refractivity contribution in [1.82, 2.24) is 19.2 Å². The Hall–Kier alpha value is -3.13. The van der Waals surface area contributed by atoms with Crippen LogP contribution in [0.25, 0.3) is 5.65 Å². The predicted molar refractivity (Wildman–Crippen MR) is 125 cm³/mol. The van der Waals surface area contributed by atoms with Gasteiger partial charge >= 0.3 is 0 Å². The molecule has 174 valence electrons. The Labute approximate surface area is 193 Å². The number of nitrogens with zero attached hydrogens (tertiary/aromatic N) is 4. The molecule has 2 aliphatic heterocycles. The van der Waals surface area contributed by atoms with E-state index in [0.29, 0.717) is 23.0 Å². The molecule has 2 aromatic rings. The van der Waals surface area contributed by atoms with Crippen LogP contribution in [0.5, 0.6) is 0 Å². The highest BCUT2D eigenvalue weighted by Gasteiger charge is 2.40. The van der Waals surface area contributed by atoms with E-state index in [0.717, 1.165) is 31.7 Å². The monoisotopic (exact) mass is 451 g/mol. The summed E-state index contributed by atoms with van der Waals surface area (Å²) in [5.74, 6) is 0.0582. The Morgan fingerprint density at radius 2 is 1.97 bits per heavy atom. The Bertz CT molecular complexity index is 1190. The zero-order chi connectivity index (χ0) is 23.3. The zero-order valence-electron chi connectivity index (χ0n) is 19.5. The lowest BCUT2D eigenvalue weighted by atomic mass is 9.86. The van der Waals surface area contributed by atoms with Crippen LogP contribution in [0.4, 0.5) is 10.1 Å². The number of imidazole rings is 1. The maximum atomic E-state index is 14.5. The Kier molecular flexibility index (Phi) is 5.48. The van der Waals surface area contributed by atoms with Gasteiger partial charge in [-0.25, -0.2) is 9.37 Å². The first-order valence-electron chi connectivity index (χ1n) is 11.4. The molecule has 33 heavy (non-hydrogen) atoms. The van der Waals surface area contributed by atoms with E-state index >= 15 is 0 Å². The second kappa shape index (κ2) is 8.33. The first-order chi connectivity index (χ1) is 15.8. The van der Waals surface area contributed by atoms with Crippen LogP contribution in [-0.2, 0) is 9.53 Å². The number of allylic oxidation sites excluding steroid dienone is 3. The number of amides is 1. The SMILES string of the molecule is CC1=CC2C(N3CCC(N(C)C)CC3)=CC=C(C(=O)Nc3cc(F)c4nc(C)cn4c3)C2O1. The Balaban J connectivity index is 1.38. The highest BCUT2D eigenvalue weighted by Crippen LogP contribution is 2.39. The van der Waals surface area contributed by atoms with Crippen LogP contribution >= 0.6 is 0 Å². The molecular formula is C25H30FN5O2. The normalized spacial score (nSPS) is 23.2. The summed E-state index contributed by atoms with van der Waals surface area (Å²) < 4.78 is 22.1. The molecule has 0 aromatic carbocycles. The average Bonchev–Trinajstić information content (AvgIpc) is 3.34. The molecule has 0 spiro atoms. The molecule has 1 saturated heterocycles. The number of fused-ring (bicyclic) bond motifs is 2. The molecule has 1 N–H and O–H groups in total. The molecule has 2 atom stereocenters. The number of pyridine rings is 1. The van der Waals surface area contributed by atoms with E-state index in [1.807, 2.05) is 19.1 Å². The van der Waals surface area contributed by atoms with Crippen molar-refractivity contribution in [2.24, 2.45) is 5.92 Å². The van der Waals surface area contributed by atoms with E-state index in [2.05, 4.69) is 40.3 Å². The number of hydrogen-bond acceptors (Lipinski definition) is 5. The number of halogens is 1. The number of anilines is 1. The number of piperidine rings is 1. The van der Waals surface area contributed by atoms with Crippen molar-refractivity contribution in [3.63, 3.8) is 0 Å². The molecule has 1 fully saturated rings. The van der Waals surface area contributed by atoms with Gasteiger partial charge in [-0.15, -0.1) is 0 Å². The molecular weight excluding hydrogens is 421 g/mol. The van der Waals surface area contributed by atoms with Gasteiger partial charge in [0.1, 0.15) is 6.10 Å². The molecule has 7 nitrogen and oxygen atoms in total. The summed E-state index contributed by atoms with van der Waals surface area (Å²) in [6, 6.07) is 1.91. The number of nitrogens with one attached hydrogen (secondary N) is 1. The fourth-order valence-electron chi connectivity index (χ4n) is 5.14. The maximum absolute atomic E-state index is 14.5. The minimum Gasteiger partial charge on any atom is -0.489 e. The van der Waals surface area contributed by atoms with Gasteiger partial charge in [-0.2, -0.15) is 0 Å². The van der Waals surface area contributed by atoms with Crippen molar-refractivity contribution in [3.05, 3.63) is 65.2 Å². The number of likely N-dealkylation sites (tertiary alicyclic amines) is 1. The Morgan fingerprint density at radius 1 is 1.21 bits per heavy atom. The first kappa shape index (κ1) is 21.7. The molecule has 2 aromatic heterocycles. The van der Waals surface area contributed by atoms with Crippen LogP contribution in [0.2, 0.25) is 0 Å². The van der Waals surface area contributed by atoms with E-state index in [1.54, 1.807) is 23.7 Å². The number of aryl methyl sites for hydroxylation is 1. The third-order valence-corrected chi connectivity index (χ3v) is 6.84. The smallest absolute Gasteiger partial charge is 0.255 e. The fourth-order valence-corrected chi connectivity index (χ4v) is 5.14. The lowest BCUT2D eigenvalue weighted by molar-refractivity contribution is -0.114. The molecule has 2 unspecified atom stereocenters.